The minimum atomic E-state index is 0.171. The molecule has 1 N–H and O–H groups in total. The van der Waals surface area contributed by atoms with Gasteiger partial charge in [-0.05, 0) is 55.3 Å². The Morgan fingerprint density at radius 2 is 2.10 bits per heavy atom. The number of hydrogen-bond acceptors (Lipinski definition) is 2. The molecule has 0 radical (unpaired) electrons. The fourth-order valence-electron chi connectivity index (χ4n) is 2.22. The summed E-state index contributed by atoms with van der Waals surface area (Å²) in [5, 5.41) is 4.36. The van der Waals surface area contributed by atoms with E-state index in [1.54, 1.807) is 0 Å². The monoisotopic (exact) mass is 366 g/mol. The third-order valence-electron chi connectivity index (χ3n) is 3.36. The molecule has 0 aliphatic rings. The van der Waals surface area contributed by atoms with E-state index in [9.17, 15) is 0 Å². The van der Waals surface area contributed by atoms with Crippen molar-refractivity contribution in [1.29, 1.82) is 0 Å². The summed E-state index contributed by atoms with van der Waals surface area (Å²) in [6.07, 6.45) is 3.83. The first-order valence-corrected chi connectivity index (χ1v) is 8.37. The average molecular weight is 368 g/mol. The Kier molecular flexibility index (Phi) is 6.22. The van der Waals surface area contributed by atoms with Crippen molar-refractivity contribution in [2.75, 3.05) is 6.54 Å². The molecule has 0 aliphatic heterocycles. The van der Waals surface area contributed by atoms with Crippen LogP contribution in [0.4, 0.5) is 0 Å². The summed E-state index contributed by atoms with van der Waals surface area (Å²) in [4.78, 5) is 4.51. The second-order valence-electron chi connectivity index (χ2n) is 5.20. The Labute approximate surface area is 140 Å². The van der Waals surface area contributed by atoms with Gasteiger partial charge in [0.15, 0.2) is 0 Å². The lowest BCUT2D eigenvalue weighted by Gasteiger charge is -2.20. The second-order valence-corrected chi connectivity index (χ2v) is 6.53. The number of nitrogens with one attached hydrogen (secondary N) is 1. The molecule has 4 heteroatoms. The number of hydrogen-bond donors (Lipinski definition) is 1. The van der Waals surface area contributed by atoms with Crippen molar-refractivity contribution >= 4 is 27.5 Å². The van der Waals surface area contributed by atoms with Crippen molar-refractivity contribution in [3.8, 4) is 0 Å². The third kappa shape index (κ3) is 4.80. The zero-order chi connectivity index (χ0) is 15.2. The van der Waals surface area contributed by atoms with Gasteiger partial charge in [-0.3, -0.25) is 4.98 Å². The maximum atomic E-state index is 6.38. The normalized spacial score (nSPS) is 12.4. The molecule has 21 heavy (non-hydrogen) atoms. The Morgan fingerprint density at radius 1 is 1.29 bits per heavy atom. The van der Waals surface area contributed by atoms with Crippen molar-refractivity contribution in [3.05, 3.63) is 62.8 Å². The molecule has 0 spiro atoms. The molecule has 0 bridgehead atoms. The van der Waals surface area contributed by atoms with Gasteiger partial charge < -0.3 is 5.32 Å². The van der Waals surface area contributed by atoms with Crippen LogP contribution in [0.15, 0.2) is 41.0 Å². The molecule has 1 atom stereocenters. The minimum absolute atomic E-state index is 0.171. The molecule has 0 amide bonds. The van der Waals surface area contributed by atoms with E-state index in [2.05, 4.69) is 58.3 Å². The molecule has 2 rings (SSSR count). The first kappa shape index (κ1) is 16.5. The number of halogens is 2. The molecule has 1 unspecified atom stereocenters. The largest absolute Gasteiger partial charge is 0.310 e. The van der Waals surface area contributed by atoms with Crippen molar-refractivity contribution < 1.29 is 0 Å². The number of benzene rings is 1. The molecule has 1 aromatic carbocycles. The van der Waals surface area contributed by atoms with Crippen LogP contribution < -0.4 is 5.32 Å². The summed E-state index contributed by atoms with van der Waals surface area (Å²) < 4.78 is 1.04. The summed E-state index contributed by atoms with van der Waals surface area (Å²) in [7, 11) is 0. The zero-order valence-corrected chi connectivity index (χ0v) is 14.7. The zero-order valence-electron chi connectivity index (χ0n) is 12.4. The van der Waals surface area contributed by atoms with E-state index in [0.717, 1.165) is 40.1 Å². The maximum Gasteiger partial charge on any atom is 0.0454 e. The predicted octanol–water partition coefficient (Wildman–Crippen LogP) is 5.09. The van der Waals surface area contributed by atoms with E-state index < -0.39 is 0 Å². The lowest BCUT2D eigenvalue weighted by molar-refractivity contribution is 0.524. The average Bonchev–Trinajstić information content (AvgIpc) is 2.48. The quantitative estimate of drug-likeness (QED) is 0.769. The molecular weight excluding hydrogens is 348 g/mol. The van der Waals surface area contributed by atoms with Gasteiger partial charge in [0.2, 0.25) is 0 Å². The highest BCUT2D eigenvalue weighted by molar-refractivity contribution is 9.10. The van der Waals surface area contributed by atoms with Gasteiger partial charge in [0.1, 0.15) is 0 Å². The highest BCUT2D eigenvalue weighted by atomic mass is 79.9. The van der Waals surface area contributed by atoms with Gasteiger partial charge in [0.25, 0.3) is 0 Å². The molecule has 1 aromatic heterocycles. The lowest BCUT2D eigenvalue weighted by Crippen LogP contribution is -2.24. The predicted molar refractivity (Wildman–Crippen MR) is 92.9 cm³/mol. The highest BCUT2D eigenvalue weighted by Crippen LogP contribution is 2.28. The van der Waals surface area contributed by atoms with Crippen LogP contribution in [0, 0.1) is 6.92 Å². The topological polar surface area (TPSA) is 24.9 Å². The molecule has 0 aliphatic carbocycles. The van der Waals surface area contributed by atoms with E-state index in [-0.39, 0.29) is 6.04 Å². The molecule has 2 aromatic rings. The number of aryl methyl sites for hydroxylation is 1. The lowest BCUT2D eigenvalue weighted by atomic mass is 10.0. The van der Waals surface area contributed by atoms with E-state index in [1.807, 2.05) is 18.3 Å². The second kappa shape index (κ2) is 7.92. The number of aromatic nitrogens is 1. The van der Waals surface area contributed by atoms with Crippen LogP contribution in [-0.4, -0.2) is 11.5 Å². The Morgan fingerprint density at radius 3 is 2.76 bits per heavy atom. The molecular formula is C17H20BrClN2. The summed E-state index contributed by atoms with van der Waals surface area (Å²) >= 11 is 9.91. The summed E-state index contributed by atoms with van der Waals surface area (Å²) in [6, 6.07) is 10.3. The Hall–Kier alpha value is -0.900. The molecule has 0 saturated heterocycles. The van der Waals surface area contributed by atoms with Crippen LogP contribution in [0.5, 0.6) is 0 Å². The van der Waals surface area contributed by atoms with Gasteiger partial charge in [0, 0.05) is 33.8 Å². The van der Waals surface area contributed by atoms with Crippen molar-refractivity contribution in [2.24, 2.45) is 0 Å². The molecule has 0 fully saturated rings. The van der Waals surface area contributed by atoms with Gasteiger partial charge in [-0.1, -0.05) is 40.5 Å². The van der Waals surface area contributed by atoms with Crippen molar-refractivity contribution in [1.82, 2.24) is 10.3 Å². The first-order valence-electron chi connectivity index (χ1n) is 7.20. The Bertz CT molecular complexity index is 584. The van der Waals surface area contributed by atoms with Crippen LogP contribution in [0.2, 0.25) is 5.02 Å². The van der Waals surface area contributed by atoms with Crippen LogP contribution in [-0.2, 0) is 6.42 Å². The van der Waals surface area contributed by atoms with Gasteiger partial charge >= 0.3 is 0 Å². The summed E-state index contributed by atoms with van der Waals surface area (Å²) in [6.45, 7) is 5.17. The molecule has 112 valence electrons. The molecule has 0 saturated carbocycles. The van der Waals surface area contributed by atoms with Gasteiger partial charge in [0.05, 0.1) is 0 Å². The van der Waals surface area contributed by atoms with E-state index in [4.69, 9.17) is 11.6 Å². The highest BCUT2D eigenvalue weighted by Gasteiger charge is 2.16. The van der Waals surface area contributed by atoms with E-state index in [1.165, 1.54) is 5.56 Å². The van der Waals surface area contributed by atoms with E-state index in [0.29, 0.717) is 0 Å². The van der Waals surface area contributed by atoms with Gasteiger partial charge in [-0.15, -0.1) is 0 Å². The van der Waals surface area contributed by atoms with Crippen LogP contribution in [0.1, 0.15) is 36.2 Å². The van der Waals surface area contributed by atoms with Crippen molar-refractivity contribution in [3.63, 3.8) is 0 Å². The van der Waals surface area contributed by atoms with E-state index >= 15 is 0 Å². The third-order valence-corrected chi connectivity index (χ3v) is 4.20. The summed E-state index contributed by atoms with van der Waals surface area (Å²) in [5.41, 5.74) is 3.37. The molecule has 2 nitrogen and oxygen atoms in total. The molecule has 1 heterocycles. The minimum Gasteiger partial charge on any atom is -0.310 e. The van der Waals surface area contributed by atoms with Crippen LogP contribution in [0.3, 0.4) is 0 Å². The maximum absolute atomic E-state index is 6.38. The van der Waals surface area contributed by atoms with Crippen LogP contribution in [0.25, 0.3) is 0 Å². The van der Waals surface area contributed by atoms with Gasteiger partial charge in [-0.2, -0.15) is 0 Å². The number of rotatable bonds is 6. The standard InChI is InChI=1S/C17H20BrClN2/c1-3-8-20-17(10-14-6-4-12(2)11-21-14)15-9-13(18)5-7-16(15)19/h4-7,9,11,17,20H,3,8,10H2,1-2H3. The number of pyridine rings is 1. The Balaban J connectivity index is 2.25. The fourth-order valence-corrected chi connectivity index (χ4v) is 2.85. The summed E-state index contributed by atoms with van der Waals surface area (Å²) in [5.74, 6) is 0. The smallest absolute Gasteiger partial charge is 0.0454 e. The van der Waals surface area contributed by atoms with Crippen molar-refractivity contribution in [2.45, 2.75) is 32.7 Å². The SMILES string of the molecule is CCCNC(Cc1ccc(C)cn1)c1cc(Br)ccc1Cl. The first-order chi connectivity index (χ1) is 10.1. The fraction of sp³-hybridized carbons (Fsp3) is 0.353. The number of nitrogens with zero attached hydrogens (tertiary/aromatic N) is 1. The van der Waals surface area contributed by atoms with Gasteiger partial charge in [-0.25, -0.2) is 0 Å². The van der Waals surface area contributed by atoms with Crippen LogP contribution >= 0.6 is 27.5 Å².